The fraction of sp³-hybridized carbons (Fsp3) is 0.692. The Morgan fingerprint density at radius 1 is 1.53 bits per heavy atom. The molecule has 6 heteroatoms. The van der Waals surface area contributed by atoms with E-state index in [0.717, 1.165) is 24.2 Å². The SMILES string of the molecule is Cc1nn(CC(=O)N2CCCC(C)(O)C2)c(C)c1N. The summed E-state index contributed by atoms with van der Waals surface area (Å²) < 4.78 is 1.64. The molecule has 1 saturated heterocycles. The van der Waals surface area contributed by atoms with Crippen molar-refractivity contribution in [2.45, 2.75) is 45.8 Å². The van der Waals surface area contributed by atoms with E-state index in [-0.39, 0.29) is 12.5 Å². The van der Waals surface area contributed by atoms with Crippen LogP contribution in [0.1, 0.15) is 31.2 Å². The zero-order valence-corrected chi connectivity index (χ0v) is 11.8. The Hall–Kier alpha value is -1.56. The number of β-amino-alcohol motifs (C(OH)–C–C–N with tert-alkyl or cyclic N) is 1. The van der Waals surface area contributed by atoms with Gasteiger partial charge in [-0.15, -0.1) is 0 Å². The number of likely N-dealkylation sites (tertiary alicyclic amines) is 1. The van der Waals surface area contributed by atoms with Crippen LogP contribution in [-0.2, 0) is 11.3 Å². The van der Waals surface area contributed by atoms with E-state index in [4.69, 9.17) is 5.73 Å². The van der Waals surface area contributed by atoms with Crippen LogP contribution in [0, 0.1) is 13.8 Å². The van der Waals surface area contributed by atoms with Crippen molar-refractivity contribution >= 4 is 11.6 Å². The molecule has 19 heavy (non-hydrogen) atoms. The molecule has 1 aliphatic heterocycles. The highest BCUT2D eigenvalue weighted by molar-refractivity contribution is 5.76. The molecule has 1 aromatic rings. The summed E-state index contributed by atoms with van der Waals surface area (Å²) in [6.07, 6.45) is 1.57. The van der Waals surface area contributed by atoms with Gasteiger partial charge >= 0.3 is 0 Å². The fourth-order valence-electron chi connectivity index (χ4n) is 2.53. The van der Waals surface area contributed by atoms with E-state index in [1.807, 2.05) is 13.8 Å². The van der Waals surface area contributed by atoms with Gasteiger partial charge < -0.3 is 15.7 Å². The van der Waals surface area contributed by atoms with Crippen molar-refractivity contribution in [3.63, 3.8) is 0 Å². The fourth-order valence-corrected chi connectivity index (χ4v) is 2.53. The number of hydrogen-bond donors (Lipinski definition) is 2. The topological polar surface area (TPSA) is 84.4 Å². The van der Waals surface area contributed by atoms with Gasteiger partial charge in [0.2, 0.25) is 5.91 Å². The van der Waals surface area contributed by atoms with E-state index in [2.05, 4.69) is 5.10 Å². The predicted octanol–water partition coefficient (Wildman–Crippen LogP) is 0.456. The summed E-state index contributed by atoms with van der Waals surface area (Å²) in [6, 6.07) is 0. The minimum absolute atomic E-state index is 0.0226. The Labute approximate surface area is 113 Å². The Bertz CT molecular complexity index is 493. The van der Waals surface area contributed by atoms with E-state index in [9.17, 15) is 9.90 Å². The minimum Gasteiger partial charge on any atom is -0.396 e. The van der Waals surface area contributed by atoms with Gasteiger partial charge in [-0.2, -0.15) is 5.10 Å². The monoisotopic (exact) mass is 266 g/mol. The number of nitrogens with zero attached hydrogens (tertiary/aromatic N) is 3. The van der Waals surface area contributed by atoms with Crippen LogP contribution in [0.25, 0.3) is 0 Å². The summed E-state index contributed by atoms with van der Waals surface area (Å²) in [4.78, 5) is 13.9. The molecule has 106 valence electrons. The Balaban J connectivity index is 2.06. The number of aryl methyl sites for hydroxylation is 1. The molecule has 3 N–H and O–H groups in total. The van der Waals surface area contributed by atoms with E-state index in [1.54, 1.807) is 16.5 Å². The van der Waals surface area contributed by atoms with Crippen LogP contribution in [0.2, 0.25) is 0 Å². The van der Waals surface area contributed by atoms with Crippen LogP contribution >= 0.6 is 0 Å². The molecule has 0 spiro atoms. The van der Waals surface area contributed by atoms with Crippen LogP contribution in [0.5, 0.6) is 0 Å². The number of nitrogen functional groups attached to an aromatic ring is 1. The number of amides is 1. The summed E-state index contributed by atoms with van der Waals surface area (Å²) >= 11 is 0. The second kappa shape index (κ2) is 4.85. The number of nitrogens with two attached hydrogens (primary N) is 1. The average molecular weight is 266 g/mol. The first-order chi connectivity index (χ1) is 8.80. The maximum Gasteiger partial charge on any atom is 0.244 e. The standard InChI is InChI=1S/C13H22N4O2/c1-9-12(14)10(2)17(15-9)7-11(18)16-6-4-5-13(3,19)8-16/h19H,4-8,14H2,1-3H3. The van der Waals surface area contributed by atoms with Gasteiger partial charge in [-0.25, -0.2) is 0 Å². The highest BCUT2D eigenvalue weighted by Crippen LogP contribution is 2.21. The van der Waals surface area contributed by atoms with Gasteiger partial charge in [-0.05, 0) is 33.6 Å². The highest BCUT2D eigenvalue weighted by Gasteiger charge is 2.31. The summed E-state index contributed by atoms with van der Waals surface area (Å²) in [6.45, 7) is 6.72. The van der Waals surface area contributed by atoms with Crippen molar-refractivity contribution in [1.82, 2.24) is 14.7 Å². The number of piperidine rings is 1. The van der Waals surface area contributed by atoms with Crippen molar-refractivity contribution in [3.8, 4) is 0 Å². The second-order valence-corrected chi connectivity index (χ2v) is 5.66. The van der Waals surface area contributed by atoms with Gasteiger partial charge in [0.1, 0.15) is 6.54 Å². The van der Waals surface area contributed by atoms with Crippen molar-refractivity contribution < 1.29 is 9.90 Å². The largest absolute Gasteiger partial charge is 0.396 e. The number of carbonyl (C=O) groups is 1. The lowest BCUT2D eigenvalue weighted by Gasteiger charge is -2.36. The Morgan fingerprint density at radius 2 is 2.21 bits per heavy atom. The lowest BCUT2D eigenvalue weighted by molar-refractivity contribution is -0.138. The average Bonchev–Trinajstić information content (AvgIpc) is 2.56. The predicted molar refractivity (Wildman–Crippen MR) is 72.6 cm³/mol. The molecule has 0 bridgehead atoms. The first-order valence-corrected chi connectivity index (χ1v) is 6.60. The normalized spacial score (nSPS) is 23.7. The van der Waals surface area contributed by atoms with Crippen molar-refractivity contribution in [1.29, 1.82) is 0 Å². The number of rotatable bonds is 2. The van der Waals surface area contributed by atoms with Gasteiger partial charge in [0.05, 0.1) is 22.7 Å². The lowest BCUT2D eigenvalue weighted by Crippen LogP contribution is -2.49. The van der Waals surface area contributed by atoms with Crippen LogP contribution in [0.15, 0.2) is 0 Å². The van der Waals surface area contributed by atoms with E-state index in [0.29, 0.717) is 18.8 Å². The van der Waals surface area contributed by atoms with Crippen molar-refractivity contribution in [2.75, 3.05) is 18.8 Å². The van der Waals surface area contributed by atoms with E-state index < -0.39 is 5.60 Å². The molecule has 1 aromatic heterocycles. The van der Waals surface area contributed by atoms with Crippen LogP contribution in [0.3, 0.4) is 0 Å². The molecule has 1 aliphatic rings. The molecule has 0 aliphatic carbocycles. The van der Waals surface area contributed by atoms with Crippen molar-refractivity contribution in [2.24, 2.45) is 0 Å². The van der Waals surface area contributed by atoms with E-state index in [1.165, 1.54) is 0 Å². The summed E-state index contributed by atoms with van der Waals surface area (Å²) in [5.74, 6) is -0.0226. The maximum atomic E-state index is 12.2. The third kappa shape index (κ3) is 2.89. The quantitative estimate of drug-likeness (QED) is 0.814. The van der Waals surface area contributed by atoms with E-state index >= 15 is 0 Å². The highest BCUT2D eigenvalue weighted by atomic mass is 16.3. The molecule has 2 rings (SSSR count). The molecule has 2 heterocycles. The molecule has 0 radical (unpaired) electrons. The summed E-state index contributed by atoms with van der Waals surface area (Å²) in [5.41, 5.74) is 7.27. The molecule has 0 saturated carbocycles. The number of carbonyl (C=O) groups excluding carboxylic acids is 1. The summed E-state index contributed by atoms with van der Waals surface area (Å²) in [5, 5.41) is 14.3. The molecular weight excluding hydrogens is 244 g/mol. The van der Waals surface area contributed by atoms with Gasteiger partial charge in [0, 0.05) is 13.1 Å². The second-order valence-electron chi connectivity index (χ2n) is 5.66. The number of aromatic nitrogens is 2. The molecule has 6 nitrogen and oxygen atoms in total. The first kappa shape index (κ1) is 13.9. The zero-order chi connectivity index (χ0) is 14.2. The number of hydrogen-bond acceptors (Lipinski definition) is 4. The van der Waals surface area contributed by atoms with Gasteiger partial charge in [-0.3, -0.25) is 9.48 Å². The Kier molecular flexibility index (Phi) is 3.54. The number of aliphatic hydroxyl groups is 1. The zero-order valence-electron chi connectivity index (χ0n) is 11.8. The molecule has 1 fully saturated rings. The van der Waals surface area contributed by atoms with Crippen LogP contribution in [-0.4, -0.2) is 44.4 Å². The minimum atomic E-state index is -0.776. The van der Waals surface area contributed by atoms with Crippen LogP contribution < -0.4 is 5.73 Å². The summed E-state index contributed by atoms with van der Waals surface area (Å²) in [7, 11) is 0. The first-order valence-electron chi connectivity index (χ1n) is 6.60. The third-order valence-corrected chi connectivity index (χ3v) is 3.75. The molecule has 1 atom stereocenters. The Morgan fingerprint density at radius 3 is 2.74 bits per heavy atom. The van der Waals surface area contributed by atoms with Gasteiger partial charge in [0.25, 0.3) is 0 Å². The molecule has 1 unspecified atom stereocenters. The van der Waals surface area contributed by atoms with Crippen molar-refractivity contribution in [3.05, 3.63) is 11.4 Å². The van der Waals surface area contributed by atoms with Crippen LogP contribution in [0.4, 0.5) is 5.69 Å². The lowest BCUT2D eigenvalue weighted by atomic mass is 9.95. The third-order valence-electron chi connectivity index (χ3n) is 3.75. The molecule has 1 amide bonds. The molecular formula is C13H22N4O2. The van der Waals surface area contributed by atoms with Gasteiger partial charge in [-0.1, -0.05) is 0 Å². The maximum absolute atomic E-state index is 12.2. The van der Waals surface area contributed by atoms with Gasteiger partial charge in [0.15, 0.2) is 0 Å². The smallest absolute Gasteiger partial charge is 0.244 e. The number of anilines is 1. The molecule has 0 aromatic carbocycles.